The molecule has 5 atom stereocenters. The first-order valence-electron chi connectivity index (χ1n) is 17.6. The highest BCUT2D eigenvalue weighted by molar-refractivity contribution is 5.66. The molecule has 6 rings (SSSR count). The highest BCUT2D eigenvalue weighted by Gasteiger charge is 2.50. The molecule has 0 bridgehead atoms. The van der Waals surface area contributed by atoms with Crippen LogP contribution in [0.3, 0.4) is 0 Å². The number of piperidine rings is 1. The highest BCUT2D eigenvalue weighted by Crippen LogP contribution is 2.42. The van der Waals surface area contributed by atoms with E-state index in [0.717, 1.165) is 60.7 Å². The largest absolute Gasteiger partial charge is 0.490 e. The molecule has 3 heterocycles. The molecular formula is C39H50FN3O7. The van der Waals surface area contributed by atoms with E-state index in [4.69, 9.17) is 18.9 Å². The molecule has 0 aliphatic carbocycles. The molecular weight excluding hydrogens is 641 g/mol. The van der Waals surface area contributed by atoms with Crippen molar-refractivity contribution in [2.24, 2.45) is 5.41 Å². The number of hydrogen-bond donors (Lipinski definition) is 2. The number of carboxylic acid groups (broad SMARTS) is 1. The maximum absolute atomic E-state index is 13.8. The van der Waals surface area contributed by atoms with Crippen LogP contribution in [0.25, 0.3) is 0 Å². The molecule has 0 radical (unpaired) electrons. The number of amides is 1. The number of anilines is 2. The van der Waals surface area contributed by atoms with Crippen LogP contribution < -0.4 is 19.3 Å². The average molecular weight is 692 g/mol. The number of halogens is 1. The zero-order chi connectivity index (χ0) is 35.4. The average Bonchev–Trinajstić information content (AvgIpc) is 3.55. The number of fused-ring (bicyclic) bond motifs is 1. The van der Waals surface area contributed by atoms with Gasteiger partial charge in [-0.25, -0.2) is 9.18 Å². The number of likely N-dealkylation sites (tertiary alicyclic amines) is 1. The van der Waals surface area contributed by atoms with Crippen molar-refractivity contribution in [3.63, 3.8) is 0 Å². The van der Waals surface area contributed by atoms with Crippen molar-refractivity contribution < 1.29 is 38.3 Å². The van der Waals surface area contributed by atoms with Crippen molar-refractivity contribution in [2.75, 3.05) is 62.8 Å². The van der Waals surface area contributed by atoms with E-state index in [1.54, 1.807) is 19.2 Å². The fraction of sp³-hybridized carbons (Fsp3) is 0.513. The number of hydrogen-bond acceptors (Lipinski definition) is 8. The first-order valence-corrected chi connectivity index (χ1v) is 17.6. The van der Waals surface area contributed by atoms with E-state index in [9.17, 15) is 19.4 Å². The number of aliphatic hydroxyl groups is 1. The summed E-state index contributed by atoms with van der Waals surface area (Å²) in [5, 5.41) is 22.2. The summed E-state index contributed by atoms with van der Waals surface area (Å²) in [4.78, 5) is 18.3. The maximum Gasteiger partial charge on any atom is 0.407 e. The zero-order valence-corrected chi connectivity index (χ0v) is 29.5. The van der Waals surface area contributed by atoms with Gasteiger partial charge in [0.15, 0.2) is 0 Å². The SMILES string of the molecule is COCCCN1CCOc2ccc(CO[C@H]3CN(C(=O)O)C(C(C)(C)C)[C@@H](O)[C@@H]3c3ccc(OC4CCN(c5cccc(F)c5)C4)cc3)cc21. The molecule has 11 heteroatoms. The molecule has 10 nitrogen and oxygen atoms in total. The Morgan fingerprint density at radius 1 is 1.04 bits per heavy atom. The minimum atomic E-state index is -1.08. The molecule has 3 aliphatic heterocycles. The van der Waals surface area contributed by atoms with Crippen LogP contribution in [-0.4, -0.2) is 98.6 Å². The van der Waals surface area contributed by atoms with E-state index in [1.165, 1.54) is 11.0 Å². The molecule has 3 aromatic carbocycles. The Kier molecular flexibility index (Phi) is 11.0. The standard InChI is InChI=1S/C39H50FN3O7/c1-39(2,3)37-36(44)35(27-10-12-30(13-11-27)50-31-15-17-42(23-31)29-8-5-7-28(40)22-29)34(24-43(37)38(45)46)49-25-26-9-14-33-32(21-26)41(18-20-48-33)16-6-19-47-4/h5,7-14,21-22,31,34-37,44H,6,15-20,23-25H2,1-4H3,(H,45,46)/t31?,34-,35+,36-,37?/m0/s1. The van der Waals surface area contributed by atoms with E-state index in [0.29, 0.717) is 25.5 Å². The summed E-state index contributed by atoms with van der Waals surface area (Å²) < 4.78 is 37.9. The number of methoxy groups -OCH3 is 1. The third kappa shape index (κ3) is 8.11. The van der Waals surface area contributed by atoms with Gasteiger partial charge in [-0.15, -0.1) is 0 Å². The molecule has 50 heavy (non-hydrogen) atoms. The molecule has 1 amide bonds. The topological polar surface area (TPSA) is 104 Å². The fourth-order valence-electron chi connectivity index (χ4n) is 7.70. The van der Waals surface area contributed by atoms with Crippen LogP contribution in [0, 0.1) is 11.2 Å². The molecule has 2 fully saturated rings. The third-order valence-electron chi connectivity index (χ3n) is 10.0. The van der Waals surface area contributed by atoms with E-state index in [-0.39, 0.29) is 25.1 Å². The van der Waals surface area contributed by atoms with Crippen LogP contribution in [0.4, 0.5) is 20.6 Å². The van der Waals surface area contributed by atoms with Crippen molar-refractivity contribution in [2.45, 2.75) is 70.5 Å². The van der Waals surface area contributed by atoms with Gasteiger partial charge in [-0.3, -0.25) is 4.90 Å². The zero-order valence-electron chi connectivity index (χ0n) is 29.5. The number of benzene rings is 3. The second-order valence-corrected chi connectivity index (χ2v) is 14.6. The van der Waals surface area contributed by atoms with Crippen LogP contribution in [-0.2, 0) is 16.1 Å². The molecule has 2 N–H and O–H groups in total. The van der Waals surface area contributed by atoms with E-state index in [1.807, 2.05) is 63.2 Å². The second kappa shape index (κ2) is 15.4. The predicted octanol–water partition coefficient (Wildman–Crippen LogP) is 6.16. The van der Waals surface area contributed by atoms with Gasteiger partial charge in [0.25, 0.3) is 0 Å². The van der Waals surface area contributed by atoms with Crippen molar-refractivity contribution in [1.82, 2.24) is 4.90 Å². The monoisotopic (exact) mass is 691 g/mol. The van der Waals surface area contributed by atoms with Crippen molar-refractivity contribution in [3.8, 4) is 11.5 Å². The van der Waals surface area contributed by atoms with E-state index >= 15 is 0 Å². The Morgan fingerprint density at radius 3 is 2.56 bits per heavy atom. The molecule has 0 saturated carbocycles. The lowest BCUT2D eigenvalue weighted by Crippen LogP contribution is -2.63. The van der Waals surface area contributed by atoms with Gasteiger partial charge >= 0.3 is 6.09 Å². The normalized spacial score (nSPS) is 23.8. The lowest BCUT2D eigenvalue weighted by molar-refractivity contribution is -0.114. The molecule has 270 valence electrons. The van der Waals surface area contributed by atoms with Crippen LogP contribution in [0.2, 0.25) is 0 Å². The Balaban J connectivity index is 1.19. The van der Waals surface area contributed by atoms with Gasteiger partial charge in [0.05, 0.1) is 50.2 Å². The summed E-state index contributed by atoms with van der Waals surface area (Å²) >= 11 is 0. The van der Waals surface area contributed by atoms with Gasteiger partial charge in [-0.2, -0.15) is 0 Å². The van der Waals surface area contributed by atoms with Crippen molar-refractivity contribution >= 4 is 17.5 Å². The minimum Gasteiger partial charge on any atom is -0.490 e. The highest BCUT2D eigenvalue weighted by atomic mass is 19.1. The number of aliphatic hydroxyl groups excluding tert-OH is 1. The predicted molar refractivity (Wildman–Crippen MR) is 190 cm³/mol. The molecule has 3 aromatic rings. The first-order chi connectivity index (χ1) is 24.0. The molecule has 2 unspecified atom stereocenters. The Hall–Kier alpha value is -4.06. The van der Waals surface area contributed by atoms with Crippen LogP contribution >= 0.6 is 0 Å². The lowest BCUT2D eigenvalue weighted by atomic mass is 9.72. The summed E-state index contributed by atoms with van der Waals surface area (Å²) in [6.07, 6.45) is -1.04. The summed E-state index contributed by atoms with van der Waals surface area (Å²) in [7, 11) is 1.70. The van der Waals surface area contributed by atoms with Gasteiger partial charge in [0.1, 0.15) is 30.0 Å². The number of rotatable bonds is 11. The second-order valence-electron chi connectivity index (χ2n) is 14.6. The number of ether oxygens (including phenoxy) is 4. The maximum atomic E-state index is 13.8. The van der Waals surface area contributed by atoms with Crippen molar-refractivity contribution in [1.29, 1.82) is 0 Å². The summed E-state index contributed by atoms with van der Waals surface area (Å²) in [6.45, 7) is 10.6. The van der Waals surface area contributed by atoms with Crippen LogP contribution in [0.15, 0.2) is 66.7 Å². The molecule has 3 aliphatic rings. The summed E-state index contributed by atoms with van der Waals surface area (Å²) in [5.74, 6) is 0.793. The van der Waals surface area contributed by atoms with Crippen LogP contribution in [0.1, 0.15) is 50.7 Å². The minimum absolute atomic E-state index is 0.0483. The van der Waals surface area contributed by atoms with E-state index < -0.39 is 35.7 Å². The third-order valence-corrected chi connectivity index (χ3v) is 10.0. The van der Waals surface area contributed by atoms with Crippen LogP contribution in [0.5, 0.6) is 11.5 Å². The number of nitrogens with zero attached hydrogens (tertiary/aromatic N) is 3. The molecule has 0 aromatic heterocycles. The Labute approximate surface area is 294 Å². The van der Waals surface area contributed by atoms with Gasteiger partial charge < -0.3 is 39.0 Å². The fourth-order valence-corrected chi connectivity index (χ4v) is 7.70. The lowest BCUT2D eigenvalue weighted by Gasteiger charge is -2.50. The smallest absolute Gasteiger partial charge is 0.407 e. The van der Waals surface area contributed by atoms with Gasteiger partial charge in [-0.1, -0.05) is 45.0 Å². The van der Waals surface area contributed by atoms with Gasteiger partial charge in [-0.05, 0) is 65.4 Å². The number of carbonyl (C=O) groups is 1. The van der Waals surface area contributed by atoms with Gasteiger partial charge in [0, 0.05) is 44.8 Å². The first kappa shape index (κ1) is 35.8. The molecule has 0 spiro atoms. The Bertz CT molecular complexity index is 1600. The Morgan fingerprint density at radius 2 is 1.84 bits per heavy atom. The van der Waals surface area contributed by atoms with Gasteiger partial charge in [0.2, 0.25) is 0 Å². The quantitative estimate of drug-likeness (QED) is 0.229. The summed E-state index contributed by atoms with van der Waals surface area (Å²) in [5.41, 5.74) is 3.11. The molecule has 2 saturated heterocycles. The van der Waals surface area contributed by atoms with E-state index in [2.05, 4.69) is 15.9 Å². The summed E-state index contributed by atoms with van der Waals surface area (Å²) in [6, 6.07) is 19.7. The van der Waals surface area contributed by atoms with Crippen molar-refractivity contribution in [3.05, 3.63) is 83.7 Å².